The lowest BCUT2D eigenvalue weighted by Gasteiger charge is -2.51. The van der Waals surface area contributed by atoms with Crippen molar-refractivity contribution in [3.8, 4) is 0 Å². The highest BCUT2D eigenvalue weighted by molar-refractivity contribution is 6.74. The van der Waals surface area contributed by atoms with Crippen molar-refractivity contribution in [1.82, 2.24) is 0 Å². The maximum absolute atomic E-state index is 11.1. The molecule has 0 radical (unpaired) electrons. The van der Waals surface area contributed by atoms with E-state index in [4.69, 9.17) is 18.6 Å². The van der Waals surface area contributed by atoms with E-state index in [-0.39, 0.29) is 23.4 Å². The van der Waals surface area contributed by atoms with Crippen molar-refractivity contribution in [2.45, 2.75) is 82.1 Å². The van der Waals surface area contributed by atoms with Gasteiger partial charge in [0, 0.05) is 5.56 Å². The molecule has 0 amide bonds. The number of benzene rings is 1. The van der Waals surface area contributed by atoms with Gasteiger partial charge in [0.2, 0.25) is 0 Å². The Bertz CT molecular complexity index is 657. The van der Waals surface area contributed by atoms with Crippen LogP contribution in [-0.2, 0) is 18.6 Å². The number of rotatable bonds is 5. The second-order valence-corrected chi connectivity index (χ2v) is 14.0. The van der Waals surface area contributed by atoms with E-state index >= 15 is 0 Å². The topological polar surface area (TPSA) is 57.2 Å². The number of aliphatic hydroxyl groups excluding tert-OH is 1. The molecule has 0 aliphatic carbocycles. The fraction of sp³-hybridized carbons (Fsp3) is 0.636. The van der Waals surface area contributed by atoms with Crippen LogP contribution in [0.1, 0.15) is 39.0 Å². The van der Waals surface area contributed by atoms with Gasteiger partial charge in [-0.05, 0) is 24.6 Å². The van der Waals surface area contributed by atoms with Crippen molar-refractivity contribution in [1.29, 1.82) is 0 Å². The summed E-state index contributed by atoms with van der Waals surface area (Å²) in [6.07, 6.45) is -0.415. The summed E-state index contributed by atoms with van der Waals surface area (Å²) in [5.74, 6) is 0. The van der Waals surface area contributed by atoms with Crippen molar-refractivity contribution in [2.24, 2.45) is 0 Å². The lowest BCUT2D eigenvalue weighted by atomic mass is 9.92. The Morgan fingerprint density at radius 2 is 1.89 bits per heavy atom. The molecule has 156 valence electrons. The molecule has 3 rings (SSSR count). The normalized spacial score (nSPS) is 33.9. The third-order valence-corrected chi connectivity index (χ3v) is 10.6. The van der Waals surface area contributed by atoms with Crippen LogP contribution < -0.4 is 0 Å². The maximum Gasteiger partial charge on any atom is 0.192 e. The van der Waals surface area contributed by atoms with Crippen molar-refractivity contribution < 1.29 is 23.7 Å². The summed E-state index contributed by atoms with van der Waals surface area (Å²) in [6, 6.07) is 9.85. The molecule has 0 spiro atoms. The van der Waals surface area contributed by atoms with Crippen LogP contribution in [0.25, 0.3) is 0 Å². The third-order valence-electron chi connectivity index (χ3n) is 6.16. The lowest BCUT2D eigenvalue weighted by Crippen LogP contribution is -2.65. The Morgan fingerprint density at radius 3 is 2.50 bits per heavy atom. The van der Waals surface area contributed by atoms with Gasteiger partial charge in [0.15, 0.2) is 14.6 Å². The Kier molecular flexibility index (Phi) is 6.49. The van der Waals surface area contributed by atoms with Gasteiger partial charge in [0.05, 0.1) is 12.7 Å². The molecule has 1 aromatic carbocycles. The largest absolute Gasteiger partial charge is 0.408 e. The highest BCUT2D eigenvalue weighted by Crippen LogP contribution is 2.42. The molecule has 0 unspecified atom stereocenters. The average Bonchev–Trinajstić information content (AvgIpc) is 2.65. The summed E-state index contributed by atoms with van der Waals surface area (Å²) in [6.45, 7) is 15.2. The molecule has 0 bridgehead atoms. The van der Waals surface area contributed by atoms with Crippen LogP contribution in [0.5, 0.6) is 0 Å². The van der Waals surface area contributed by atoms with E-state index < -0.39 is 26.8 Å². The molecule has 28 heavy (non-hydrogen) atoms. The Balaban J connectivity index is 1.86. The Labute approximate surface area is 169 Å². The zero-order valence-corrected chi connectivity index (χ0v) is 18.6. The monoisotopic (exact) mass is 406 g/mol. The van der Waals surface area contributed by atoms with E-state index in [1.807, 2.05) is 30.3 Å². The molecular weight excluding hydrogens is 372 g/mol. The minimum atomic E-state index is -2.13. The lowest BCUT2D eigenvalue weighted by molar-refractivity contribution is -0.325. The van der Waals surface area contributed by atoms with Gasteiger partial charge >= 0.3 is 0 Å². The molecule has 2 heterocycles. The molecule has 0 aromatic heterocycles. The fourth-order valence-corrected chi connectivity index (χ4v) is 4.77. The Hall–Kier alpha value is -1.02. The van der Waals surface area contributed by atoms with Crippen LogP contribution in [0.4, 0.5) is 0 Å². The maximum atomic E-state index is 11.1. The molecule has 1 aromatic rings. The Morgan fingerprint density at radius 1 is 1.21 bits per heavy atom. The first-order valence-electron chi connectivity index (χ1n) is 10.1. The van der Waals surface area contributed by atoms with Crippen molar-refractivity contribution >= 4 is 8.32 Å². The smallest absolute Gasteiger partial charge is 0.192 e. The van der Waals surface area contributed by atoms with Gasteiger partial charge in [-0.15, -0.1) is 6.58 Å². The summed E-state index contributed by atoms with van der Waals surface area (Å²) >= 11 is 0. The van der Waals surface area contributed by atoms with Crippen LogP contribution in [0, 0.1) is 0 Å². The average molecular weight is 407 g/mol. The minimum Gasteiger partial charge on any atom is -0.408 e. The van der Waals surface area contributed by atoms with E-state index in [0.29, 0.717) is 13.0 Å². The zero-order chi connectivity index (χ0) is 20.5. The van der Waals surface area contributed by atoms with Crippen molar-refractivity contribution in [3.63, 3.8) is 0 Å². The highest BCUT2D eigenvalue weighted by Gasteiger charge is 2.52. The minimum absolute atomic E-state index is 0.0262. The van der Waals surface area contributed by atoms with Gasteiger partial charge in [-0.3, -0.25) is 0 Å². The molecular formula is C22H34O5Si. The van der Waals surface area contributed by atoms with E-state index in [1.165, 1.54) is 0 Å². The SMILES string of the molecule is C=CC[C@@H]1O[C@@H]2CO[C@@H](c3ccccc3)O[C@H]2[C@H](O[Si](C)(C)C(C)(C)C)[C@H]1O. The highest BCUT2D eigenvalue weighted by atomic mass is 28.4. The molecule has 5 nitrogen and oxygen atoms in total. The summed E-state index contributed by atoms with van der Waals surface area (Å²) in [5, 5.41) is 11.1. The van der Waals surface area contributed by atoms with E-state index in [2.05, 4.69) is 40.4 Å². The number of ether oxygens (including phenoxy) is 3. The summed E-state index contributed by atoms with van der Waals surface area (Å²) in [5.41, 5.74) is 0.953. The predicted octanol–water partition coefficient (Wildman–Crippen LogP) is 4.20. The van der Waals surface area contributed by atoms with Crippen molar-refractivity contribution in [3.05, 3.63) is 48.6 Å². The number of hydrogen-bond donors (Lipinski definition) is 1. The molecule has 0 saturated carbocycles. The van der Waals surface area contributed by atoms with Crippen LogP contribution >= 0.6 is 0 Å². The molecule has 2 fully saturated rings. The van der Waals surface area contributed by atoms with E-state index in [1.54, 1.807) is 6.08 Å². The molecule has 6 heteroatoms. The van der Waals surface area contributed by atoms with Gasteiger partial charge in [0.25, 0.3) is 0 Å². The van der Waals surface area contributed by atoms with E-state index in [0.717, 1.165) is 5.56 Å². The van der Waals surface area contributed by atoms with Gasteiger partial charge in [0.1, 0.15) is 24.4 Å². The third kappa shape index (κ3) is 4.42. The zero-order valence-electron chi connectivity index (χ0n) is 17.6. The molecule has 2 saturated heterocycles. The second kappa shape index (κ2) is 8.38. The van der Waals surface area contributed by atoms with E-state index in [9.17, 15) is 5.11 Å². The van der Waals surface area contributed by atoms with Crippen LogP contribution in [0.2, 0.25) is 18.1 Å². The first-order valence-corrected chi connectivity index (χ1v) is 13.0. The van der Waals surface area contributed by atoms with Gasteiger partial charge in [-0.25, -0.2) is 0 Å². The predicted molar refractivity (Wildman–Crippen MR) is 112 cm³/mol. The van der Waals surface area contributed by atoms with Crippen LogP contribution in [0.15, 0.2) is 43.0 Å². The molecule has 6 atom stereocenters. The number of fused-ring (bicyclic) bond motifs is 1. The van der Waals surface area contributed by atoms with Gasteiger partial charge < -0.3 is 23.7 Å². The first kappa shape index (κ1) is 21.7. The quantitative estimate of drug-likeness (QED) is 0.587. The second-order valence-electron chi connectivity index (χ2n) is 9.25. The fourth-order valence-electron chi connectivity index (χ4n) is 3.46. The van der Waals surface area contributed by atoms with Gasteiger partial charge in [-0.1, -0.05) is 57.2 Å². The molecule has 1 N–H and O–H groups in total. The first-order chi connectivity index (χ1) is 13.1. The number of hydrogen-bond acceptors (Lipinski definition) is 5. The summed E-state index contributed by atoms with van der Waals surface area (Å²) < 4.78 is 25.1. The molecule has 2 aliphatic rings. The summed E-state index contributed by atoms with van der Waals surface area (Å²) in [7, 11) is -2.13. The van der Waals surface area contributed by atoms with Crippen molar-refractivity contribution in [2.75, 3.05) is 6.61 Å². The van der Waals surface area contributed by atoms with Crippen LogP contribution in [0.3, 0.4) is 0 Å². The standard InChI is InChI=1S/C22H34O5Si/c1-7-11-16-18(23)20(27-28(5,6)22(2,3)4)19-17(25-16)14-24-21(26-19)15-12-9-8-10-13-15/h7-10,12-13,16-21,23H,1,11,14H2,2-6H3/t16-,17+,18-,19+,20+,21+/m0/s1. The van der Waals surface area contributed by atoms with Gasteiger partial charge in [-0.2, -0.15) is 0 Å². The molecule has 2 aliphatic heterocycles. The number of aliphatic hydroxyl groups is 1. The van der Waals surface area contributed by atoms with Crippen LogP contribution in [-0.4, -0.2) is 50.6 Å². The summed E-state index contributed by atoms with van der Waals surface area (Å²) in [4.78, 5) is 0.